The maximum absolute atomic E-state index is 5.57. The number of nitrogens with zero attached hydrogens (tertiary/aromatic N) is 1. The number of terminal acetylenes is 1. The van der Waals surface area contributed by atoms with Crippen LogP contribution in [0, 0.1) is 19.3 Å². The van der Waals surface area contributed by atoms with Gasteiger partial charge in [0.05, 0.1) is 0 Å². The summed E-state index contributed by atoms with van der Waals surface area (Å²) in [7, 11) is 0. The summed E-state index contributed by atoms with van der Waals surface area (Å²) in [6.07, 6.45) is 7.01. The Morgan fingerprint density at radius 2 is 2.21 bits per heavy atom. The maximum atomic E-state index is 5.57. The molecule has 0 saturated heterocycles. The van der Waals surface area contributed by atoms with E-state index in [1.165, 1.54) is 0 Å². The normalized spacial score (nSPS) is 10.8. The standard InChI is InChI=1S/C11H12BrNO/c1-5-11(3,4)14-10-8(2)6-9(12)7-13-10/h1,6-7H,2-4H3. The molecule has 2 nitrogen and oxygen atoms in total. The highest BCUT2D eigenvalue weighted by Gasteiger charge is 2.17. The smallest absolute Gasteiger partial charge is 0.217 e. The van der Waals surface area contributed by atoms with E-state index in [4.69, 9.17) is 11.2 Å². The molecule has 1 aromatic heterocycles. The second-order valence-corrected chi connectivity index (χ2v) is 4.45. The van der Waals surface area contributed by atoms with Gasteiger partial charge in [-0.1, -0.05) is 5.92 Å². The van der Waals surface area contributed by atoms with Gasteiger partial charge in [0.2, 0.25) is 5.88 Å². The van der Waals surface area contributed by atoms with E-state index in [1.807, 2.05) is 26.8 Å². The second-order valence-electron chi connectivity index (χ2n) is 3.53. The minimum Gasteiger partial charge on any atom is -0.458 e. The van der Waals surface area contributed by atoms with Crippen molar-refractivity contribution in [3.05, 3.63) is 22.3 Å². The van der Waals surface area contributed by atoms with E-state index in [0.717, 1.165) is 10.0 Å². The van der Waals surface area contributed by atoms with E-state index in [2.05, 4.69) is 26.8 Å². The lowest BCUT2D eigenvalue weighted by atomic mass is 10.1. The van der Waals surface area contributed by atoms with E-state index in [9.17, 15) is 0 Å². The van der Waals surface area contributed by atoms with E-state index in [0.29, 0.717) is 5.88 Å². The number of rotatable bonds is 2. The van der Waals surface area contributed by atoms with Crippen molar-refractivity contribution in [3.8, 4) is 18.2 Å². The molecule has 74 valence electrons. The summed E-state index contributed by atoms with van der Waals surface area (Å²) in [5.74, 6) is 3.14. The molecule has 0 aliphatic carbocycles. The summed E-state index contributed by atoms with van der Waals surface area (Å²) in [4.78, 5) is 4.15. The van der Waals surface area contributed by atoms with E-state index in [-0.39, 0.29) is 0 Å². The van der Waals surface area contributed by atoms with Gasteiger partial charge in [0.25, 0.3) is 0 Å². The predicted octanol–water partition coefficient (Wildman–Crippen LogP) is 2.94. The Bertz CT molecular complexity index is 379. The summed E-state index contributed by atoms with van der Waals surface area (Å²) in [5, 5.41) is 0. The first kappa shape index (κ1) is 11.1. The molecule has 0 spiro atoms. The van der Waals surface area contributed by atoms with Crippen LogP contribution in [0.1, 0.15) is 19.4 Å². The molecule has 0 unspecified atom stereocenters. The Labute approximate surface area is 92.8 Å². The molecule has 1 heterocycles. The lowest BCUT2D eigenvalue weighted by Gasteiger charge is -2.20. The molecule has 0 bridgehead atoms. The molecule has 0 aliphatic heterocycles. The number of hydrogen-bond donors (Lipinski definition) is 0. The number of aryl methyl sites for hydroxylation is 1. The summed E-state index contributed by atoms with van der Waals surface area (Å²) in [6, 6.07) is 1.94. The first-order valence-corrected chi connectivity index (χ1v) is 5.03. The minimum atomic E-state index is -0.619. The number of pyridine rings is 1. The molecule has 0 aliphatic rings. The Morgan fingerprint density at radius 1 is 1.57 bits per heavy atom. The molecular formula is C11H12BrNO. The third-order valence-electron chi connectivity index (χ3n) is 1.70. The number of aromatic nitrogens is 1. The Kier molecular flexibility index (Phi) is 3.17. The van der Waals surface area contributed by atoms with Gasteiger partial charge in [-0.3, -0.25) is 0 Å². The van der Waals surface area contributed by atoms with Crippen LogP contribution in [0.2, 0.25) is 0 Å². The Hall–Kier alpha value is -1.01. The van der Waals surface area contributed by atoms with Crippen LogP contribution in [-0.4, -0.2) is 10.6 Å². The lowest BCUT2D eigenvalue weighted by molar-refractivity contribution is 0.163. The third-order valence-corrected chi connectivity index (χ3v) is 2.13. The second kappa shape index (κ2) is 4.02. The molecule has 0 amide bonds. The summed E-state index contributed by atoms with van der Waals surface area (Å²) >= 11 is 3.33. The highest BCUT2D eigenvalue weighted by Crippen LogP contribution is 2.22. The predicted molar refractivity (Wildman–Crippen MR) is 60.2 cm³/mol. The fourth-order valence-electron chi connectivity index (χ4n) is 0.906. The molecular weight excluding hydrogens is 242 g/mol. The highest BCUT2D eigenvalue weighted by atomic mass is 79.9. The molecule has 0 fully saturated rings. The van der Waals surface area contributed by atoms with Gasteiger partial charge >= 0.3 is 0 Å². The van der Waals surface area contributed by atoms with Crippen molar-refractivity contribution in [1.29, 1.82) is 0 Å². The van der Waals surface area contributed by atoms with Crippen LogP contribution in [0.25, 0.3) is 0 Å². The average molecular weight is 254 g/mol. The molecule has 1 aromatic rings. The van der Waals surface area contributed by atoms with Crippen molar-refractivity contribution in [2.45, 2.75) is 26.4 Å². The van der Waals surface area contributed by atoms with Gasteiger partial charge < -0.3 is 4.74 Å². The highest BCUT2D eigenvalue weighted by molar-refractivity contribution is 9.10. The van der Waals surface area contributed by atoms with Crippen LogP contribution < -0.4 is 4.74 Å². The zero-order valence-corrected chi connectivity index (χ0v) is 10.1. The van der Waals surface area contributed by atoms with E-state index >= 15 is 0 Å². The lowest BCUT2D eigenvalue weighted by Crippen LogP contribution is -2.26. The van der Waals surface area contributed by atoms with Gasteiger partial charge in [0.15, 0.2) is 5.60 Å². The van der Waals surface area contributed by atoms with Crippen molar-refractivity contribution in [3.63, 3.8) is 0 Å². The van der Waals surface area contributed by atoms with Crippen LogP contribution in [-0.2, 0) is 0 Å². The SMILES string of the molecule is C#CC(C)(C)Oc1ncc(Br)cc1C. The van der Waals surface area contributed by atoms with Gasteiger partial charge in [0, 0.05) is 16.2 Å². The minimum absolute atomic E-state index is 0.580. The molecule has 0 aromatic carbocycles. The third kappa shape index (κ3) is 2.74. The molecule has 1 rings (SSSR count). The molecule has 0 saturated carbocycles. The first-order valence-electron chi connectivity index (χ1n) is 4.23. The number of ether oxygens (including phenoxy) is 1. The maximum Gasteiger partial charge on any atom is 0.217 e. The Morgan fingerprint density at radius 3 is 2.71 bits per heavy atom. The van der Waals surface area contributed by atoms with Crippen LogP contribution in [0.4, 0.5) is 0 Å². The largest absolute Gasteiger partial charge is 0.458 e. The molecule has 3 heteroatoms. The molecule has 0 radical (unpaired) electrons. The van der Waals surface area contributed by atoms with Crippen LogP contribution >= 0.6 is 15.9 Å². The van der Waals surface area contributed by atoms with Gasteiger partial charge in [0.1, 0.15) is 0 Å². The van der Waals surface area contributed by atoms with Gasteiger partial charge in [-0.15, -0.1) is 6.42 Å². The van der Waals surface area contributed by atoms with Gasteiger partial charge in [-0.2, -0.15) is 0 Å². The zero-order valence-electron chi connectivity index (χ0n) is 8.47. The first-order chi connectivity index (χ1) is 6.44. The van der Waals surface area contributed by atoms with Gasteiger partial charge in [-0.05, 0) is 42.8 Å². The summed E-state index contributed by atoms with van der Waals surface area (Å²) in [5.41, 5.74) is 0.341. The van der Waals surface area contributed by atoms with Crippen LogP contribution in [0.5, 0.6) is 5.88 Å². The van der Waals surface area contributed by atoms with Crippen molar-refractivity contribution < 1.29 is 4.74 Å². The fraction of sp³-hybridized carbons (Fsp3) is 0.364. The molecule has 14 heavy (non-hydrogen) atoms. The zero-order chi connectivity index (χ0) is 10.8. The van der Waals surface area contributed by atoms with Crippen molar-refractivity contribution in [2.24, 2.45) is 0 Å². The molecule has 0 N–H and O–H groups in total. The van der Waals surface area contributed by atoms with Crippen LogP contribution in [0.3, 0.4) is 0 Å². The van der Waals surface area contributed by atoms with Crippen molar-refractivity contribution in [1.82, 2.24) is 4.98 Å². The molecule has 0 atom stereocenters. The van der Waals surface area contributed by atoms with Crippen molar-refractivity contribution >= 4 is 15.9 Å². The number of halogens is 1. The average Bonchev–Trinajstić information content (AvgIpc) is 2.10. The van der Waals surface area contributed by atoms with E-state index < -0.39 is 5.60 Å². The van der Waals surface area contributed by atoms with Gasteiger partial charge in [-0.25, -0.2) is 4.98 Å². The Balaban J connectivity index is 2.94. The van der Waals surface area contributed by atoms with Crippen LogP contribution in [0.15, 0.2) is 16.7 Å². The topological polar surface area (TPSA) is 22.1 Å². The quantitative estimate of drug-likeness (QED) is 0.757. The summed E-state index contributed by atoms with van der Waals surface area (Å²) in [6.45, 7) is 5.59. The number of hydrogen-bond acceptors (Lipinski definition) is 2. The van der Waals surface area contributed by atoms with Crippen molar-refractivity contribution in [2.75, 3.05) is 0 Å². The van der Waals surface area contributed by atoms with E-state index in [1.54, 1.807) is 6.20 Å². The summed E-state index contributed by atoms with van der Waals surface area (Å²) < 4.78 is 6.50. The fourth-order valence-corrected chi connectivity index (χ4v) is 1.35. The monoisotopic (exact) mass is 253 g/mol.